The fourth-order valence-corrected chi connectivity index (χ4v) is 2.36. The van der Waals surface area contributed by atoms with E-state index in [1.807, 2.05) is 42.5 Å². The van der Waals surface area contributed by atoms with E-state index >= 15 is 0 Å². The van der Waals surface area contributed by atoms with Gasteiger partial charge >= 0.3 is 5.97 Å². The van der Waals surface area contributed by atoms with Crippen LogP contribution in [0.4, 0.5) is 0 Å². The summed E-state index contributed by atoms with van der Waals surface area (Å²) >= 11 is 0. The van der Waals surface area contributed by atoms with E-state index in [-0.39, 0.29) is 6.61 Å². The zero-order valence-corrected chi connectivity index (χ0v) is 14.4. The second kappa shape index (κ2) is 8.67. The van der Waals surface area contributed by atoms with E-state index in [1.54, 1.807) is 30.5 Å². The maximum atomic E-state index is 12.2. The Bertz CT molecular complexity index is 850. The number of carbonyl (C=O) groups is 1. The molecule has 1 heterocycles. The lowest BCUT2D eigenvalue weighted by atomic mass is 10.2. The molecule has 0 aliphatic carbocycles. The third-order valence-electron chi connectivity index (χ3n) is 3.71. The quantitative estimate of drug-likeness (QED) is 0.603. The van der Waals surface area contributed by atoms with Gasteiger partial charge in [0, 0.05) is 6.20 Å². The fraction of sp³-hybridized carbons (Fsp3) is 0.143. The molecule has 0 bridgehead atoms. The number of esters is 1. The predicted octanol–water partition coefficient (Wildman–Crippen LogP) is 4.03. The summed E-state index contributed by atoms with van der Waals surface area (Å²) in [5.41, 5.74) is 2.13. The van der Waals surface area contributed by atoms with E-state index in [4.69, 9.17) is 14.2 Å². The van der Waals surface area contributed by atoms with Crippen molar-refractivity contribution in [1.82, 2.24) is 4.98 Å². The summed E-state index contributed by atoms with van der Waals surface area (Å²) in [5.74, 6) is 0.606. The summed E-state index contributed by atoms with van der Waals surface area (Å²) in [6.07, 6.45) is 1.66. The van der Waals surface area contributed by atoms with Crippen LogP contribution in [-0.2, 0) is 18.0 Å². The molecule has 0 fully saturated rings. The maximum Gasteiger partial charge on any atom is 0.338 e. The molecule has 132 valence electrons. The van der Waals surface area contributed by atoms with Crippen molar-refractivity contribution in [1.29, 1.82) is 0 Å². The van der Waals surface area contributed by atoms with Gasteiger partial charge in [0.25, 0.3) is 0 Å². The van der Waals surface area contributed by atoms with Gasteiger partial charge in [-0.1, -0.05) is 36.4 Å². The van der Waals surface area contributed by atoms with Gasteiger partial charge < -0.3 is 14.2 Å². The van der Waals surface area contributed by atoms with Crippen LogP contribution in [0.1, 0.15) is 21.6 Å². The molecule has 1 aromatic heterocycles. The summed E-state index contributed by atoms with van der Waals surface area (Å²) in [5, 5.41) is 0. The molecule has 0 unspecified atom stereocenters. The number of aromatic nitrogens is 1. The lowest BCUT2D eigenvalue weighted by Gasteiger charge is -2.12. The van der Waals surface area contributed by atoms with Gasteiger partial charge in [-0.05, 0) is 35.9 Å². The number of benzene rings is 2. The van der Waals surface area contributed by atoms with E-state index in [0.717, 1.165) is 5.56 Å². The van der Waals surface area contributed by atoms with E-state index < -0.39 is 5.97 Å². The van der Waals surface area contributed by atoms with Crippen LogP contribution in [0.2, 0.25) is 0 Å². The van der Waals surface area contributed by atoms with Crippen molar-refractivity contribution >= 4 is 5.97 Å². The number of nitrogens with zero attached hydrogens (tertiary/aromatic N) is 1. The number of methoxy groups -OCH3 is 1. The largest absolute Gasteiger partial charge is 0.493 e. The maximum absolute atomic E-state index is 12.2. The van der Waals surface area contributed by atoms with Crippen LogP contribution < -0.4 is 9.47 Å². The molecule has 0 aliphatic heterocycles. The van der Waals surface area contributed by atoms with Gasteiger partial charge in [-0.2, -0.15) is 0 Å². The third kappa shape index (κ3) is 4.60. The van der Waals surface area contributed by atoms with Crippen molar-refractivity contribution in [2.45, 2.75) is 13.2 Å². The van der Waals surface area contributed by atoms with Crippen molar-refractivity contribution in [2.75, 3.05) is 7.11 Å². The van der Waals surface area contributed by atoms with Gasteiger partial charge in [-0.25, -0.2) is 4.79 Å². The van der Waals surface area contributed by atoms with Crippen LogP contribution >= 0.6 is 0 Å². The van der Waals surface area contributed by atoms with Gasteiger partial charge in [0.1, 0.15) is 13.2 Å². The highest BCUT2D eigenvalue weighted by atomic mass is 16.5. The van der Waals surface area contributed by atoms with E-state index in [2.05, 4.69) is 4.98 Å². The van der Waals surface area contributed by atoms with E-state index in [0.29, 0.717) is 29.4 Å². The van der Waals surface area contributed by atoms with Crippen molar-refractivity contribution in [3.63, 3.8) is 0 Å². The molecule has 0 atom stereocenters. The summed E-state index contributed by atoms with van der Waals surface area (Å²) in [4.78, 5) is 16.4. The van der Waals surface area contributed by atoms with E-state index in [1.165, 1.54) is 7.11 Å². The molecule has 2 aromatic carbocycles. The molecule has 5 nitrogen and oxygen atoms in total. The van der Waals surface area contributed by atoms with Crippen LogP contribution in [0.3, 0.4) is 0 Å². The van der Waals surface area contributed by atoms with Crippen molar-refractivity contribution < 1.29 is 19.0 Å². The molecule has 26 heavy (non-hydrogen) atoms. The topological polar surface area (TPSA) is 57.7 Å². The monoisotopic (exact) mass is 349 g/mol. The number of hydrogen-bond acceptors (Lipinski definition) is 5. The molecular weight excluding hydrogens is 330 g/mol. The first-order valence-corrected chi connectivity index (χ1v) is 8.18. The lowest BCUT2D eigenvalue weighted by molar-refractivity contribution is 0.0467. The summed E-state index contributed by atoms with van der Waals surface area (Å²) in [6.45, 7) is 0.537. The Kier molecular flexibility index (Phi) is 5.83. The fourth-order valence-electron chi connectivity index (χ4n) is 2.36. The normalized spacial score (nSPS) is 10.2. The zero-order chi connectivity index (χ0) is 18.2. The first-order valence-electron chi connectivity index (χ1n) is 8.18. The smallest absolute Gasteiger partial charge is 0.338 e. The molecule has 0 spiro atoms. The summed E-state index contributed by atoms with van der Waals surface area (Å²) in [6, 6.07) is 20.3. The van der Waals surface area contributed by atoms with Crippen molar-refractivity contribution in [3.05, 3.63) is 89.7 Å². The summed E-state index contributed by atoms with van der Waals surface area (Å²) in [7, 11) is 1.54. The van der Waals surface area contributed by atoms with Crippen LogP contribution in [0.15, 0.2) is 72.9 Å². The van der Waals surface area contributed by atoms with Gasteiger partial charge in [0.2, 0.25) is 0 Å². The molecule has 5 heteroatoms. The zero-order valence-electron chi connectivity index (χ0n) is 14.4. The molecule has 3 rings (SSSR count). The number of rotatable bonds is 7. The molecular formula is C21H19NO4. The molecule has 0 radical (unpaired) electrons. The van der Waals surface area contributed by atoms with Crippen LogP contribution in [-0.4, -0.2) is 18.1 Å². The molecule has 0 saturated heterocycles. The second-order valence-corrected chi connectivity index (χ2v) is 5.54. The van der Waals surface area contributed by atoms with Gasteiger partial charge in [-0.3, -0.25) is 4.98 Å². The number of hydrogen-bond donors (Lipinski definition) is 0. The highest BCUT2D eigenvalue weighted by Crippen LogP contribution is 2.29. The number of carbonyl (C=O) groups excluding carboxylic acids is 1. The molecule has 0 saturated carbocycles. The molecule has 0 N–H and O–H groups in total. The number of pyridine rings is 1. The Hall–Kier alpha value is -3.34. The highest BCUT2D eigenvalue weighted by Gasteiger charge is 2.13. The van der Waals surface area contributed by atoms with E-state index in [9.17, 15) is 4.79 Å². The average Bonchev–Trinajstić information content (AvgIpc) is 2.72. The Morgan fingerprint density at radius 2 is 1.73 bits per heavy atom. The Morgan fingerprint density at radius 3 is 2.46 bits per heavy atom. The minimum Gasteiger partial charge on any atom is -0.493 e. The van der Waals surface area contributed by atoms with Crippen LogP contribution in [0.5, 0.6) is 11.5 Å². The van der Waals surface area contributed by atoms with Gasteiger partial charge in [0.05, 0.1) is 18.4 Å². The SMILES string of the molecule is COc1cc(C(=O)OCc2ccccn2)ccc1OCc1ccccc1. The van der Waals surface area contributed by atoms with Gasteiger partial charge in [0.15, 0.2) is 11.5 Å². The second-order valence-electron chi connectivity index (χ2n) is 5.54. The Morgan fingerprint density at radius 1 is 0.923 bits per heavy atom. The third-order valence-corrected chi connectivity index (χ3v) is 3.71. The Balaban J connectivity index is 1.64. The Labute approximate surface area is 152 Å². The first-order chi connectivity index (χ1) is 12.8. The van der Waals surface area contributed by atoms with Crippen LogP contribution in [0, 0.1) is 0 Å². The van der Waals surface area contributed by atoms with Crippen molar-refractivity contribution in [2.24, 2.45) is 0 Å². The van der Waals surface area contributed by atoms with Crippen molar-refractivity contribution in [3.8, 4) is 11.5 Å². The lowest BCUT2D eigenvalue weighted by Crippen LogP contribution is -2.07. The summed E-state index contributed by atoms with van der Waals surface area (Å²) < 4.78 is 16.4. The van der Waals surface area contributed by atoms with Gasteiger partial charge in [-0.15, -0.1) is 0 Å². The minimum atomic E-state index is -0.441. The number of ether oxygens (including phenoxy) is 3. The average molecular weight is 349 g/mol. The molecule has 0 amide bonds. The standard InChI is InChI=1S/C21H19NO4/c1-24-20-13-17(21(23)26-15-18-9-5-6-12-22-18)10-11-19(20)25-14-16-7-3-2-4-8-16/h2-13H,14-15H2,1H3. The molecule has 3 aromatic rings. The highest BCUT2D eigenvalue weighted by molar-refractivity contribution is 5.90. The predicted molar refractivity (Wildman–Crippen MR) is 97.1 cm³/mol. The first kappa shape index (κ1) is 17.5. The van der Waals surface area contributed by atoms with Crippen LogP contribution in [0.25, 0.3) is 0 Å². The minimum absolute atomic E-state index is 0.119. The molecule has 0 aliphatic rings.